The molecule has 0 bridgehead atoms. The van der Waals surface area contributed by atoms with E-state index in [9.17, 15) is 8.42 Å². The van der Waals surface area contributed by atoms with Gasteiger partial charge in [-0.3, -0.25) is 0 Å². The minimum atomic E-state index is -3.12. The molecule has 0 aliphatic rings. The summed E-state index contributed by atoms with van der Waals surface area (Å²) in [5, 5.41) is 3.25. The predicted octanol–water partition coefficient (Wildman–Crippen LogP) is 1.85. The number of rotatable bonds is 6. The second kappa shape index (κ2) is 6.50. The molecule has 0 saturated heterocycles. The summed E-state index contributed by atoms with van der Waals surface area (Å²) in [7, 11) is -0.00484. The summed E-state index contributed by atoms with van der Waals surface area (Å²) in [4.78, 5) is 0. The summed E-state index contributed by atoms with van der Waals surface area (Å²) in [5.74, 6) is 0.120. The third kappa shape index (κ3) is 4.60. The standard InChI is InChI=1S/C14H24N2O2S/c1-11-6-7-14(10-12(11)2)13(3)15-8-9-19(17,18)16(4)5/h6-7,10,13,15H,8-9H2,1-5H3. The molecule has 5 heteroatoms. The van der Waals surface area contributed by atoms with Crippen LogP contribution in [0.15, 0.2) is 18.2 Å². The van der Waals surface area contributed by atoms with Gasteiger partial charge in [0, 0.05) is 26.7 Å². The molecule has 0 fully saturated rings. The van der Waals surface area contributed by atoms with Crippen LogP contribution in [0.4, 0.5) is 0 Å². The van der Waals surface area contributed by atoms with Crippen LogP contribution in [-0.2, 0) is 10.0 Å². The zero-order chi connectivity index (χ0) is 14.6. The largest absolute Gasteiger partial charge is 0.309 e. The Morgan fingerprint density at radius 1 is 1.21 bits per heavy atom. The Morgan fingerprint density at radius 3 is 2.37 bits per heavy atom. The van der Waals surface area contributed by atoms with Gasteiger partial charge in [0.1, 0.15) is 0 Å². The molecule has 1 N–H and O–H groups in total. The fraction of sp³-hybridized carbons (Fsp3) is 0.571. The molecule has 1 aromatic rings. The van der Waals surface area contributed by atoms with E-state index in [0.29, 0.717) is 6.54 Å². The van der Waals surface area contributed by atoms with Gasteiger partial charge in [-0.05, 0) is 37.5 Å². The maximum atomic E-state index is 11.6. The molecule has 19 heavy (non-hydrogen) atoms. The lowest BCUT2D eigenvalue weighted by molar-refractivity contribution is 0.512. The molecule has 0 heterocycles. The van der Waals surface area contributed by atoms with E-state index in [1.807, 2.05) is 6.92 Å². The van der Waals surface area contributed by atoms with Crippen molar-refractivity contribution in [2.75, 3.05) is 26.4 Å². The van der Waals surface area contributed by atoms with Crippen LogP contribution in [0.25, 0.3) is 0 Å². The van der Waals surface area contributed by atoms with Crippen LogP contribution in [0.2, 0.25) is 0 Å². The van der Waals surface area contributed by atoms with Crippen LogP contribution in [0.5, 0.6) is 0 Å². The van der Waals surface area contributed by atoms with Crippen molar-refractivity contribution in [1.82, 2.24) is 9.62 Å². The van der Waals surface area contributed by atoms with Crippen LogP contribution in [0.1, 0.15) is 29.7 Å². The van der Waals surface area contributed by atoms with E-state index in [0.717, 1.165) is 0 Å². The number of nitrogens with zero attached hydrogens (tertiary/aromatic N) is 1. The summed E-state index contributed by atoms with van der Waals surface area (Å²) in [6.07, 6.45) is 0. The van der Waals surface area contributed by atoms with E-state index < -0.39 is 10.0 Å². The molecule has 0 amide bonds. The van der Waals surface area contributed by atoms with Crippen molar-refractivity contribution < 1.29 is 8.42 Å². The second-order valence-electron chi connectivity index (χ2n) is 5.12. The molecule has 0 radical (unpaired) electrons. The van der Waals surface area contributed by atoms with Gasteiger partial charge in [0.15, 0.2) is 0 Å². The lowest BCUT2D eigenvalue weighted by Crippen LogP contribution is -2.32. The van der Waals surface area contributed by atoms with Crippen LogP contribution in [0, 0.1) is 13.8 Å². The van der Waals surface area contributed by atoms with Crippen molar-refractivity contribution in [2.45, 2.75) is 26.8 Å². The third-order valence-corrected chi connectivity index (χ3v) is 5.23. The Balaban J connectivity index is 2.56. The molecule has 4 nitrogen and oxygen atoms in total. The Bertz CT molecular complexity index is 524. The minimum absolute atomic E-state index is 0.120. The Labute approximate surface area is 116 Å². The average Bonchev–Trinajstić information content (AvgIpc) is 2.32. The molecule has 0 spiro atoms. The first-order chi connectivity index (χ1) is 8.74. The average molecular weight is 284 g/mol. The molecule has 1 aromatic carbocycles. The van der Waals surface area contributed by atoms with Gasteiger partial charge in [0.2, 0.25) is 10.0 Å². The molecular weight excluding hydrogens is 260 g/mol. The first-order valence-corrected chi connectivity index (χ1v) is 8.05. The van der Waals surface area contributed by atoms with Crippen LogP contribution in [0.3, 0.4) is 0 Å². The van der Waals surface area contributed by atoms with E-state index >= 15 is 0 Å². The molecule has 1 rings (SSSR count). The lowest BCUT2D eigenvalue weighted by atomic mass is 10.0. The smallest absolute Gasteiger partial charge is 0.214 e. The highest BCUT2D eigenvalue weighted by molar-refractivity contribution is 7.89. The first-order valence-electron chi connectivity index (χ1n) is 6.45. The highest BCUT2D eigenvalue weighted by Gasteiger charge is 2.14. The van der Waals surface area contributed by atoms with E-state index in [1.54, 1.807) is 14.1 Å². The van der Waals surface area contributed by atoms with E-state index in [2.05, 4.69) is 37.4 Å². The summed E-state index contributed by atoms with van der Waals surface area (Å²) in [5.41, 5.74) is 3.71. The molecule has 0 saturated carbocycles. The summed E-state index contributed by atoms with van der Waals surface area (Å²) in [6.45, 7) is 6.67. The zero-order valence-electron chi connectivity index (χ0n) is 12.4. The summed E-state index contributed by atoms with van der Waals surface area (Å²) < 4.78 is 24.5. The van der Waals surface area contributed by atoms with Gasteiger partial charge in [-0.15, -0.1) is 0 Å². The fourth-order valence-electron chi connectivity index (χ4n) is 1.74. The van der Waals surface area contributed by atoms with E-state index in [-0.39, 0.29) is 11.8 Å². The third-order valence-electron chi connectivity index (χ3n) is 3.40. The van der Waals surface area contributed by atoms with Gasteiger partial charge in [-0.25, -0.2) is 12.7 Å². The number of benzene rings is 1. The first kappa shape index (κ1) is 16.1. The van der Waals surface area contributed by atoms with Crippen molar-refractivity contribution in [1.29, 1.82) is 0 Å². The highest BCUT2D eigenvalue weighted by atomic mass is 32.2. The Kier molecular flexibility index (Phi) is 5.52. The molecule has 0 aromatic heterocycles. The maximum Gasteiger partial charge on any atom is 0.214 e. The van der Waals surface area contributed by atoms with Gasteiger partial charge in [0.25, 0.3) is 0 Å². The quantitative estimate of drug-likeness (QED) is 0.867. The van der Waals surface area contributed by atoms with Crippen molar-refractivity contribution in [3.63, 3.8) is 0 Å². The molecule has 0 aliphatic heterocycles. The minimum Gasteiger partial charge on any atom is -0.309 e. The van der Waals surface area contributed by atoms with Crippen molar-refractivity contribution in [3.05, 3.63) is 34.9 Å². The van der Waals surface area contributed by atoms with Gasteiger partial charge in [-0.2, -0.15) is 0 Å². The predicted molar refractivity (Wildman–Crippen MR) is 79.8 cm³/mol. The van der Waals surface area contributed by atoms with Crippen LogP contribution >= 0.6 is 0 Å². The number of sulfonamides is 1. The molecule has 108 valence electrons. The van der Waals surface area contributed by atoms with Gasteiger partial charge >= 0.3 is 0 Å². The second-order valence-corrected chi connectivity index (χ2v) is 7.42. The molecule has 1 atom stereocenters. The molecular formula is C14H24N2O2S. The van der Waals surface area contributed by atoms with Crippen molar-refractivity contribution in [2.24, 2.45) is 0 Å². The van der Waals surface area contributed by atoms with Crippen LogP contribution in [-0.4, -0.2) is 39.1 Å². The number of hydrogen-bond donors (Lipinski definition) is 1. The van der Waals surface area contributed by atoms with Gasteiger partial charge in [0.05, 0.1) is 5.75 Å². The zero-order valence-corrected chi connectivity index (χ0v) is 13.2. The summed E-state index contributed by atoms with van der Waals surface area (Å²) in [6, 6.07) is 6.48. The number of hydrogen-bond acceptors (Lipinski definition) is 3. The molecule has 1 unspecified atom stereocenters. The van der Waals surface area contributed by atoms with Crippen molar-refractivity contribution >= 4 is 10.0 Å². The van der Waals surface area contributed by atoms with Gasteiger partial charge in [-0.1, -0.05) is 18.2 Å². The topological polar surface area (TPSA) is 49.4 Å². The van der Waals surface area contributed by atoms with E-state index in [1.165, 1.54) is 21.0 Å². The number of aryl methyl sites for hydroxylation is 2. The Hall–Kier alpha value is -0.910. The lowest BCUT2D eigenvalue weighted by Gasteiger charge is -2.17. The molecule has 0 aliphatic carbocycles. The van der Waals surface area contributed by atoms with E-state index in [4.69, 9.17) is 0 Å². The summed E-state index contributed by atoms with van der Waals surface area (Å²) >= 11 is 0. The number of nitrogens with one attached hydrogen (secondary N) is 1. The SMILES string of the molecule is Cc1ccc(C(C)NCCS(=O)(=O)N(C)C)cc1C. The normalized spacial score (nSPS) is 13.8. The van der Waals surface area contributed by atoms with Crippen molar-refractivity contribution in [3.8, 4) is 0 Å². The monoisotopic (exact) mass is 284 g/mol. The Morgan fingerprint density at radius 2 is 1.84 bits per heavy atom. The maximum absolute atomic E-state index is 11.6. The highest BCUT2D eigenvalue weighted by Crippen LogP contribution is 2.16. The van der Waals surface area contributed by atoms with Gasteiger partial charge < -0.3 is 5.32 Å². The fourth-order valence-corrected chi connectivity index (χ4v) is 2.48. The van der Waals surface area contributed by atoms with Crippen LogP contribution < -0.4 is 5.32 Å².